The van der Waals surface area contributed by atoms with Crippen molar-refractivity contribution < 1.29 is 14.3 Å². The van der Waals surface area contributed by atoms with Crippen molar-refractivity contribution in [2.24, 2.45) is 23.7 Å². The molecule has 1 amide bonds. The van der Waals surface area contributed by atoms with Crippen molar-refractivity contribution in [1.82, 2.24) is 19.0 Å². The van der Waals surface area contributed by atoms with E-state index in [2.05, 4.69) is 20.1 Å². The summed E-state index contributed by atoms with van der Waals surface area (Å²) < 4.78 is 18.7. The third kappa shape index (κ3) is 2.80. The Bertz CT molecular complexity index is 1700. The zero-order valence-electron chi connectivity index (χ0n) is 21.5. The number of likely N-dealkylation sites (tertiary alicyclic amines) is 1. The van der Waals surface area contributed by atoms with Gasteiger partial charge < -0.3 is 19.1 Å². The maximum Gasteiger partial charge on any atom is 0.254 e. The summed E-state index contributed by atoms with van der Waals surface area (Å²) in [5.41, 5.74) is 4.05. The van der Waals surface area contributed by atoms with Gasteiger partial charge in [-0.3, -0.25) is 4.79 Å². The lowest BCUT2D eigenvalue weighted by molar-refractivity contribution is -0.0204. The van der Waals surface area contributed by atoms with Crippen LogP contribution in [0.25, 0.3) is 33.5 Å². The number of hydrogen-bond acceptors (Lipinski definition) is 3. The summed E-state index contributed by atoms with van der Waals surface area (Å²) in [5, 5.41) is 12.3. The Morgan fingerprint density at radius 1 is 1.16 bits per heavy atom. The number of aliphatic hydroxyl groups is 1. The highest BCUT2D eigenvalue weighted by Gasteiger charge is 2.61. The Morgan fingerprint density at radius 2 is 2.03 bits per heavy atom. The Balaban J connectivity index is 1.22. The molecule has 5 aliphatic rings. The van der Waals surface area contributed by atoms with Crippen LogP contribution in [0.5, 0.6) is 0 Å². The molecule has 1 saturated heterocycles. The molecule has 6 nitrogen and oxygen atoms in total. The van der Waals surface area contributed by atoms with Gasteiger partial charge in [-0.05, 0) is 99.1 Å². The molecule has 1 N–H and O–H groups in total. The lowest BCUT2D eigenvalue weighted by atomic mass is 9.53. The van der Waals surface area contributed by atoms with Crippen molar-refractivity contribution in [1.29, 1.82) is 0 Å². The first-order valence-corrected chi connectivity index (χ1v) is 14.2. The molecule has 0 radical (unpaired) electrons. The first kappa shape index (κ1) is 21.7. The predicted octanol–water partition coefficient (Wildman–Crippen LogP) is 5.30. The number of nitrogens with zero attached hydrogens (tertiary/aromatic N) is 4. The molecule has 3 aliphatic carbocycles. The topological polar surface area (TPSA) is 63.3 Å². The van der Waals surface area contributed by atoms with Crippen LogP contribution < -0.4 is 0 Å². The third-order valence-corrected chi connectivity index (χ3v) is 10.5. The first-order chi connectivity index (χ1) is 18.4. The quantitative estimate of drug-likeness (QED) is 0.405. The summed E-state index contributed by atoms with van der Waals surface area (Å²) in [5.74, 6) is 3.54. The predicted molar refractivity (Wildman–Crippen MR) is 142 cm³/mol. The Labute approximate surface area is 220 Å². The van der Waals surface area contributed by atoms with Crippen molar-refractivity contribution in [3.05, 3.63) is 53.3 Å². The van der Waals surface area contributed by atoms with E-state index in [0.717, 1.165) is 64.4 Å². The standard InChI is InChI=1S/C31H31FN4O2/c1-31(38)6-7-34-28-22(31)10-19(30(37)36-15-20-8-18-13-25(36)27(18)20)11-23(28)33-29(34)26-12-17-9-21(32)4-5-24(17)35(26)14-16-2-3-16/h4-5,9-12,16,18,20,25,27,38H,2-3,6-8,13-15H2,1H3/t18?,20?,25?,27-,31?/m1/s1. The van der Waals surface area contributed by atoms with E-state index in [1.807, 2.05) is 25.1 Å². The van der Waals surface area contributed by atoms with E-state index in [0.29, 0.717) is 42.3 Å². The third-order valence-electron chi connectivity index (χ3n) is 10.5. The van der Waals surface area contributed by atoms with Gasteiger partial charge in [0, 0.05) is 47.7 Å². The van der Waals surface area contributed by atoms with Crippen LogP contribution >= 0.6 is 0 Å². The van der Waals surface area contributed by atoms with Gasteiger partial charge in [0.15, 0.2) is 5.82 Å². The van der Waals surface area contributed by atoms with Crippen molar-refractivity contribution in [3.8, 4) is 11.5 Å². The van der Waals surface area contributed by atoms with Crippen LogP contribution in [0.15, 0.2) is 36.4 Å². The van der Waals surface area contributed by atoms with Gasteiger partial charge >= 0.3 is 0 Å². The second-order valence-electron chi connectivity index (χ2n) is 12.9. The maximum atomic E-state index is 14.2. The number of carbonyl (C=O) groups is 1. The van der Waals surface area contributed by atoms with Crippen LogP contribution in [0.1, 0.15) is 54.9 Å². The molecule has 7 heteroatoms. The fraction of sp³-hybridized carbons (Fsp3) is 0.484. The number of carbonyl (C=O) groups excluding carboxylic acids is 1. The summed E-state index contributed by atoms with van der Waals surface area (Å²) in [4.78, 5) is 21.0. The minimum atomic E-state index is -1.03. The highest BCUT2D eigenvalue weighted by atomic mass is 19.1. The van der Waals surface area contributed by atoms with Crippen LogP contribution in [0, 0.1) is 29.5 Å². The van der Waals surface area contributed by atoms with E-state index in [1.54, 1.807) is 6.07 Å². The molecule has 38 heavy (non-hydrogen) atoms. The van der Waals surface area contributed by atoms with Crippen LogP contribution in [0.4, 0.5) is 4.39 Å². The van der Waals surface area contributed by atoms with Crippen LogP contribution in [-0.2, 0) is 18.7 Å². The SMILES string of the molecule is CC1(O)CCn2c(-c3cc4cc(F)ccc4n3CC3CC3)nc3cc(C(=O)N4CC5CC6CC4[C@H]65)cc1c32. The molecule has 4 aromatic rings. The van der Waals surface area contributed by atoms with Gasteiger partial charge in [0.2, 0.25) is 0 Å². The van der Waals surface area contributed by atoms with E-state index >= 15 is 0 Å². The van der Waals surface area contributed by atoms with Crippen molar-refractivity contribution in [3.63, 3.8) is 0 Å². The van der Waals surface area contributed by atoms with Crippen LogP contribution in [0.2, 0.25) is 0 Å². The molecule has 2 aromatic carbocycles. The van der Waals surface area contributed by atoms with E-state index in [-0.39, 0.29) is 11.7 Å². The number of imidazole rings is 1. The molecule has 4 unspecified atom stereocenters. The molecular formula is C31H31FN4O2. The zero-order chi connectivity index (χ0) is 25.5. The Morgan fingerprint density at radius 3 is 2.82 bits per heavy atom. The lowest BCUT2D eigenvalue weighted by Gasteiger charge is -2.52. The van der Waals surface area contributed by atoms with Gasteiger partial charge in [-0.2, -0.15) is 0 Å². The number of aryl methyl sites for hydroxylation is 1. The highest BCUT2D eigenvalue weighted by Crippen LogP contribution is 2.61. The number of aromatic nitrogens is 3. The van der Waals surface area contributed by atoms with E-state index in [4.69, 9.17) is 4.98 Å². The van der Waals surface area contributed by atoms with E-state index in [9.17, 15) is 14.3 Å². The molecule has 4 heterocycles. The van der Waals surface area contributed by atoms with Gasteiger partial charge in [0.1, 0.15) is 5.82 Å². The van der Waals surface area contributed by atoms with Gasteiger partial charge in [0.05, 0.1) is 22.3 Å². The molecule has 4 fully saturated rings. The molecule has 0 spiro atoms. The highest BCUT2D eigenvalue weighted by molar-refractivity contribution is 6.00. The summed E-state index contributed by atoms with van der Waals surface area (Å²) in [6, 6.07) is 11.3. The molecule has 5 atom stereocenters. The molecule has 0 bridgehead atoms. The largest absolute Gasteiger partial charge is 0.385 e. The number of halogens is 1. The van der Waals surface area contributed by atoms with E-state index in [1.165, 1.54) is 25.3 Å². The minimum absolute atomic E-state index is 0.0804. The molecule has 9 rings (SSSR count). The van der Waals surface area contributed by atoms with Crippen molar-refractivity contribution in [2.45, 2.75) is 63.8 Å². The van der Waals surface area contributed by atoms with Gasteiger partial charge in [-0.25, -0.2) is 9.37 Å². The monoisotopic (exact) mass is 510 g/mol. The Hall–Kier alpha value is -3.19. The van der Waals surface area contributed by atoms with Crippen LogP contribution in [-0.4, -0.2) is 42.6 Å². The van der Waals surface area contributed by atoms with Crippen molar-refractivity contribution in [2.75, 3.05) is 6.54 Å². The Kier molecular flexibility index (Phi) is 4.03. The zero-order valence-corrected chi connectivity index (χ0v) is 21.5. The fourth-order valence-electron chi connectivity index (χ4n) is 8.23. The number of amides is 1. The summed E-state index contributed by atoms with van der Waals surface area (Å²) >= 11 is 0. The van der Waals surface area contributed by atoms with Gasteiger partial charge in [-0.1, -0.05) is 0 Å². The summed E-state index contributed by atoms with van der Waals surface area (Å²) in [6.07, 6.45) is 5.40. The maximum absolute atomic E-state index is 14.2. The fourth-order valence-corrected chi connectivity index (χ4v) is 8.23. The average Bonchev–Trinajstić information content (AvgIpc) is 3.52. The van der Waals surface area contributed by atoms with Crippen molar-refractivity contribution >= 4 is 27.8 Å². The summed E-state index contributed by atoms with van der Waals surface area (Å²) in [7, 11) is 0. The molecular weight excluding hydrogens is 479 g/mol. The van der Waals surface area contributed by atoms with Crippen LogP contribution in [0.3, 0.4) is 0 Å². The second-order valence-corrected chi connectivity index (χ2v) is 12.9. The lowest BCUT2D eigenvalue weighted by Crippen LogP contribution is -2.53. The number of benzene rings is 2. The first-order valence-electron chi connectivity index (χ1n) is 14.2. The minimum Gasteiger partial charge on any atom is -0.385 e. The molecule has 194 valence electrons. The smallest absolute Gasteiger partial charge is 0.254 e. The van der Waals surface area contributed by atoms with E-state index < -0.39 is 5.60 Å². The normalized spacial score (nSPS) is 31.0. The average molecular weight is 511 g/mol. The van der Waals surface area contributed by atoms with Gasteiger partial charge in [0.25, 0.3) is 5.91 Å². The molecule has 2 aromatic heterocycles. The summed E-state index contributed by atoms with van der Waals surface area (Å²) in [6.45, 7) is 4.25. The van der Waals surface area contributed by atoms with Gasteiger partial charge in [-0.15, -0.1) is 0 Å². The number of fused-ring (bicyclic) bond motifs is 1. The second kappa shape index (κ2) is 7.06. The molecule has 3 saturated carbocycles. The number of hydrogen-bond donors (Lipinski definition) is 1. The molecule has 2 aliphatic heterocycles. The number of rotatable bonds is 4.